The largest absolute Gasteiger partial charge is 0.493 e. The summed E-state index contributed by atoms with van der Waals surface area (Å²) in [7, 11) is 0. The number of rotatable bonds is 3. The first-order chi connectivity index (χ1) is 10.3. The van der Waals surface area contributed by atoms with Crippen molar-refractivity contribution in [3.8, 4) is 5.75 Å². The summed E-state index contributed by atoms with van der Waals surface area (Å²) in [5, 5.41) is 0. The van der Waals surface area contributed by atoms with Gasteiger partial charge in [-0.1, -0.05) is 42.5 Å². The zero-order valence-electron chi connectivity index (χ0n) is 11.9. The molecular formula is C19H18O2. The van der Waals surface area contributed by atoms with Crippen molar-refractivity contribution in [2.45, 2.75) is 25.2 Å². The van der Waals surface area contributed by atoms with E-state index in [0.717, 1.165) is 37.2 Å². The molecule has 0 saturated heterocycles. The third-order valence-corrected chi connectivity index (χ3v) is 4.55. The first kappa shape index (κ1) is 12.6. The van der Waals surface area contributed by atoms with Gasteiger partial charge in [-0.15, -0.1) is 0 Å². The molecule has 0 radical (unpaired) electrons. The van der Waals surface area contributed by atoms with Crippen LogP contribution in [0.1, 0.15) is 40.2 Å². The molecule has 1 fully saturated rings. The Morgan fingerprint density at radius 1 is 1.05 bits per heavy atom. The van der Waals surface area contributed by atoms with Gasteiger partial charge in [-0.25, -0.2) is 0 Å². The summed E-state index contributed by atoms with van der Waals surface area (Å²) in [6.07, 6.45) is 3.02. The Balaban J connectivity index is 1.60. The lowest BCUT2D eigenvalue weighted by molar-refractivity contribution is 0.0960. The average Bonchev–Trinajstić information content (AvgIpc) is 3.35. The topological polar surface area (TPSA) is 26.3 Å². The smallest absolute Gasteiger partial charge is 0.170 e. The number of fused-ring (bicyclic) bond motifs is 1. The lowest BCUT2D eigenvalue weighted by Gasteiger charge is -2.19. The van der Waals surface area contributed by atoms with Crippen molar-refractivity contribution in [1.29, 1.82) is 0 Å². The van der Waals surface area contributed by atoms with Crippen molar-refractivity contribution in [1.82, 2.24) is 0 Å². The van der Waals surface area contributed by atoms with Crippen LogP contribution in [0.2, 0.25) is 0 Å². The predicted molar refractivity (Wildman–Crippen MR) is 81.9 cm³/mol. The second-order valence-electron chi connectivity index (χ2n) is 5.97. The van der Waals surface area contributed by atoms with Gasteiger partial charge < -0.3 is 4.74 Å². The molecule has 0 spiro atoms. The Labute approximate surface area is 124 Å². The maximum atomic E-state index is 12.8. The third kappa shape index (κ3) is 2.25. The molecule has 0 aromatic heterocycles. The quantitative estimate of drug-likeness (QED) is 0.793. The Bertz CT molecular complexity index is 675. The van der Waals surface area contributed by atoms with E-state index in [0.29, 0.717) is 5.92 Å². The van der Waals surface area contributed by atoms with Crippen molar-refractivity contribution in [3.05, 3.63) is 65.2 Å². The number of para-hydroxylation sites is 1. The van der Waals surface area contributed by atoms with Crippen molar-refractivity contribution in [2.24, 2.45) is 5.92 Å². The molecular weight excluding hydrogens is 260 g/mol. The standard InChI is InChI=1S/C19H18O2/c20-18(17-12-16(17)13-6-2-1-3-7-13)15-10-4-8-14-9-5-11-21-19(14)15/h1-4,6-8,10,16-17H,5,9,11-12H2. The van der Waals surface area contributed by atoms with E-state index >= 15 is 0 Å². The van der Waals surface area contributed by atoms with Crippen molar-refractivity contribution < 1.29 is 9.53 Å². The fourth-order valence-electron chi connectivity index (χ4n) is 3.34. The van der Waals surface area contributed by atoms with Crippen molar-refractivity contribution >= 4 is 5.78 Å². The molecule has 2 nitrogen and oxygen atoms in total. The molecule has 1 aliphatic carbocycles. The summed E-state index contributed by atoms with van der Waals surface area (Å²) >= 11 is 0. The fraction of sp³-hybridized carbons (Fsp3) is 0.316. The van der Waals surface area contributed by atoms with Crippen molar-refractivity contribution in [2.75, 3.05) is 6.61 Å². The van der Waals surface area contributed by atoms with Crippen molar-refractivity contribution in [3.63, 3.8) is 0 Å². The molecule has 0 N–H and O–H groups in total. The van der Waals surface area contributed by atoms with Gasteiger partial charge in [0, 0.05) is 5.92 Å². The van der Waals surface area contributed by atoms with Crippen LogP contribution in [0.5, 0.6) is 5.75 Å². The number of aryl methyl sites for hydroxylation is 1. The molecule has 2 aromatic carbocycles. The number of Topliss-reactive ketones (excluding diaryl/α,β-unsaturated/α-hetero) is 1. The Hall–Kier alpha value is -2.09. The molecule has 2 unspecified atom stereocenters. The minimum atomic E-state index is 0.129. The van der Waals surface area contributed by atoms with E-state index < -0.39 is 0 Å². The van der Waals surface area contributed by atoms with E-state index in [1.807, 2.05) is 30.3 Å². The Kier molecular flexibility index (Phi) is 3.03. The van der Waals surface area contributed by atoms with Crippen LogP contribution >= 0.6 is 0 Å². The summed E-state index contributed by atoms with van der Waals surface area (Å²) < 4.78 is 5.77. The number of hydrogen-bond acceptors (Lipinski definition) is 2. The summed E-state index contributed by atoms with van der Waals surface area (Å²) in [4.78, 5) is 12.8. The molecule has 0 bridgehead atoms. The van der Waals surface area contributed by atoms with Crippen LogP contribution in [0.4, 0.5) is 0 Å². The Morgan fingerprint density at radius 2 is 1.90 bits per heavy atom. The number of hydrogen-bond donors (Lipinski definition) is 0. The normalized spacial score (nSPS) is 23.0. The van der Waals surface area contributed by atoms with Gasteiger partial charge in [-0.3, -0.25) is 4.79 Å². The minimum absolute atomic E-state index is 0.129. The molecule has 106 valence electrons. The summed E-state index contributed by atoms with van der Waals surface area (Å²) in [6.45, 7) is 0.726. The molecule has 21 heavy (non-hydrogen) atoms. The molecule has 1 heterocycles. The lowest BCUT2D eigenvalue weighted by Crippen LogP contribution is -2.14. The van der Waals surface area contributed by atoms with E-state index in [9.17, 15) is 4.79 Å². The van der Waals surface area contributed by atoms with Gasteiger partial charge in [0.2, 0.25) is 0 Å². The van der Waals surface area contributed by atoms with Gasteiger partial charge in [-0.2, -0.15) is 0 Å². The number of ketones is 1. The second kappa shape index (κ2) is 5.03. The molecule has 1 saturated carbocycles. The van der Waals surface area contributed by atoms with Gasteiger partial charge in [0.25, 0.3) is 0 Å². The molecule has 2 aliphatic rings. The molecule has 2 heteroatoms. The second-order valence-corrected chi connectivity index (χ2v) is 5.97. The van der Waals surface area contributed by atoms with Gasteiger partial charge in [0.05, 0.1) is 12.2 Å². The molecule has 2 atom stereocenters. The van der Waals surface area contributed by atoms with E-state index in [2.05, 4.69) is 18.2 Å². The lowest BCUT2D eigenvalue weighted by atomic mass is 9.97. The number of benzene rings is 2. The van der Waals surface area contributed by atoms with Crippen LogP contribution in [0, 0.1) is 5.92 Å². The monoisotopic (exact) mass is 278 g/mol. The molecule has 0 amide bonds. The van der Waals surface area contributed by atoms with Crippen LogP contribution < -0.4 is 4.74 Å². The van der Waals surface area contributed by atoms with Gasteiger partial charge >= 0.3 is 0 Å². The highest BCUT2D eigenvalue weighted by Gasteiger charge is 2.44. The summed E-state index contributed by atoms with van der Waals surface area (Å²) in [5.41, 5.74) is 3.25. The van der Waals surface area contributed by atoms with Gasteiger partial charge in [0.15, 0.2) is 5.78 Å². The maximum absolute atomic E-state index is 12.8. The van der Waals surface area contributed by atoms with E-state index in [1.165, 1.54) is 11.1 Å². The van der Waals surface area contributed by atoms with Crippen LogP contribution in [0.25, 0.3) is 0 Å². The first-order valence-electron chi connectivity index (χ1n) is 7.68. The highest BCUT2D eigenvalue weighted by Crippen LogP contribution is 2.50. The van der Waals surface area contributed by atoms with Crippen LogP contribution in [-0.4, -0.2) is 12.4 Å². The summed E-state index contributed by atoms with van der Waals surface area (Å²) in [5.74, 6) is 1.61. The van der Waals surface area contributed by atoms with Gasteiger partial charge in [-0.05, 0) is 42.4 Å². The number of ether oxygens (including phenoxy) is 1. The highest BCUT2D eigenvalue weighted by molar-refractivity contribution is 6.03. The maximum Gasteiger partial charge on any atom is 0.170 e. The average molecular weight is 278 g/mol. The SMILES string of the molecule is O=C(c1cccc2c1OCCC2)C1CC1c1ccccc1. The van der Waals surface area contributed by atoms with Gasteiger partial charge in [0.1, 0.15) is 5.75 Å². The molecule has 1 aliphatic heterocycles. The Morgan fingerprint density at radius 3 is 2.76 bits per heavy atom. The zero-order valence-corrected chi connectivity index (χ0v) is 11.9. The molecule has 4 rings (SSSR count). The number of carbonyl (C=O) groups is 1. The first-order valence-corrected chi connectivity index (χ1v) is 7.68. The zero-order chi connectivity index (χ0) is 14.2. The highest BCUT2D eigenvalue weighted by atomic mass is 16.5. The fourth-order valence-corrected chi connectivity index (χ4v) is 3.34. The van der Waals surface area contributed by atoms with E-state index in [4.69, 9.17) is 4.74 Å². The van der Waals surface area contributed by atoms with E-state index in [-0.39, 0.29) is 11.7 Å². The number of carbonyl (C=O) groups excluding carboxylic acids is 1. The third-order valence-electron chi connectivity index (χ3n) is 4.55. The molecule has 2 aromatic rings. The van der Waals surface area contributed by atoms with Crippen LogP contribution in [0.15, 0.2) is 48.5 Å². The predicted octanol–water partition coefficient (Wildman–Crippen LogP) is 4.00. The summed E-state index contributed by atoms with van der Waals surface area (Å²) in [6, 6.07) is 16.3. The van der Waals surface area contributed by atoms with E-state index in [1.54, 1.807) is 0 Å². The minimum Gasteiger partial charge on any atom is -0.493 e. The van der Waals surface area contributed by atoms with Crippen LogP contribution in [-0.2, 0) is 6.42 Å². The van der Waals surface area contributed by atoms with Crippen LogP contribution in [0.3, 0.4) is 0 Å².